The van der Waals surface area contributed by atoms with Gasteiger partial charge in [-0.25, -0.2) is 0 Å². The first kappa shape index (κ1) is 17.7. The second kappa shape index (κ2) is 7.99. The number of fused-ring (bicyclic) bond motifs is 1. The number of carboxylic acid groups (broad SMARTS) is 1. The Morgan fingerprint density at radius 3 is 2.47 bits per heavy atom. The van der Waals surface area contributed by atoms with Gasteiger partial charge in [0, 0.05) is 6.07 Å². The number of carbonyl (C=O) groups is 1. The molecule has 0 bridgehead atoms. The number of hydrogen-bond donors (Lipinski definition) is 0. The van der Waals surface area contributed by atoms with Crippen molar-refractivity contribution in [2.24, 2.45) is 0 Å². The zero-order valence-corrected chi connectivity index (χ0v) is 13.4. The average Bonchev–Trinajstić information content (AvgIpc) is 2.40. The Balaban J connectivity index is 0.00000103. The Morgan fingerprint density at radius 2 is 1.95 bits per heavy atom. The molecule has 0 aliphatic rings. The van der Waals surface area contributed by atoms with Gasteiger partial charge in [-0.15, -0.1) is 0 Å². The molecule has 0 fully saturated rings. The van der Waals surface area contributed by atoms with Crippen LogP contribution in [-0.2, 0) is 0 Å². The molecule has 0 unspecified atom stereocenters. The van der Waals surface area contributed by atoms with Crippen LogP contribution in [0, 0.1) is 0 Å². The summed E-state index contributed by atoms with van der Waals surface area (Å²) in [7, 11) is 1.42. The summed E-state index contributed by atoms with van der Waals surface area (Å²) in [6.07, 6.45) is 0. The van der Waals surface area contributed by atoms with E-state index in [0.717, 1.165) is 6.07 Å². The van der Waals surface area contributed by atoms with Crippen LogP contribution in [0.4, 0.5) is 0 Å². The summed E-state index contributed by atoms with van der Waals surface area (Å²) in [5, 5.41) is 10.8. The fourth-order valence-electron chi connectivity index (χ4n) is 1.45. The summed E-state index contributed by atoms with van der Waals surface area (Å²) in [5.74, 6) is -1.68. The first-order chi connectivity index (χ1) is 8.63. The summed E-state index contributed by atoms with van der Waals surface area (Å²) in [4.78, 5) is 22.2. The van der Waals surface area contributed by atoms with E-state index in [2.05, 4.69) is 0 Å². The van der Waals surface area contributed by atoms with Gasteiger partial charge in [-0.2, -0.15) is 0 Å². The summed E-state index contributed by atoms with van der Waals surface area (Å²) in [6, 6.07) is 5.56. The molecule has 0 saturated heterocycles. The monoisotopic (exact) mass is 272 g/mol. The van der Waals surface area contributed by atoms with Crippen LogP contribution in [0.25, 0.3) is 11.0 Å². The second-order valence-electron chi connectivity index (χ2n) is 3.10. The number of ether oxygens (including phenoxy) is 1. The minimum absolute atomic E-state index is 0. The van der Waals surface area contributed by atoms with Gasteiger partial charge in [-0.1, -0.05) is 19.9 Å². The van der Waals surface area contributed by atoms with Crippen molar-refractivity contribution in [2.45, 2.75) is 13.8 Å². The van der Waals surface area contributed by atoms with Crippen LogP contribution in [-0.4, -0.2) is 13.1 Å². The van der Waals surface area contributed by atoms with Crippen molar-refractivity contribution in [3.05, 3.63) is 40.2 Å². The second-order valence-corrected chi connectivity index (χ2v) is 3.10. The summed E-state index contributed by atoms with van der Waals surface area (Å²) >= 11 is 0. The van der Waals surface area contributed by atoms with E-state index in [9.17, 15) is 14.7 Å². The number of carboxylic acids is 1. The number of methoxy groups -OCH3 is 1. The van der Waals surface area contributed by atoms with Crippen molar-refractivity contribution >= 4 is 16.9 Å². The normalized spacial score (nSPS) is 9.00. The van der Waals surface area contributed by atoms with Gasteiger partial charge in [0.05, 0.1) is 7.11 Å². The molecule has 0 amide bonds. The maximum atomic E-state index is 11.7. The minimum atomic E-state index is -1.53. The van der Waals surface area contributed by atoms with E-state index in [1.54, 1.807) is 12.1 Å². The van der Waals surface area contributed by atoms with E-state index in [1.165, 1.54) is 13.2 Å². The topological polar surface area (TPSA) is 79.6 Å². The standard InChI is InChI=1S/C11H8O5.C2H6.Na/c1-15-7-3-2-4-8-10(7)6(12)5-9(16-8)11(13)14;1-2;/h2-5H,1H3,(H,13,14);1-2H3;/q;;+1/p-1. The molecule has 2 aromatic rings. The number of hydrogen-bond acceptors (Lipinski definition) is 5. The Morgan fingerprint density at radius 1 is 1.32 bits per heavy atom. The van der Waals surface area contributed by atoms with Gasteiger partial charge in [-0.3, -0.25) is 4.79 Å². The fraction of sp³-hybridized carbons (Fsp3) is 0.231. The molecular formula is C13H13NaO5. The number of rotatable bonds is 2. The Labute approximate surface area is 132 Å². The van der Waals surface area contributed by atoms with Gasteiger partial charge in [0.1, 0.15) is 22.7 Å². The van der Waals surface area contributed by atoms with Crippen LogP contribution in [0.3, 0.4) is 0 Å². The Bertz CT molecular complexity index is 618. The van der Waals surface area contributed by atoms with Gasteiger partial charge in [0.25, 0.3) is 0 Å². The van der Waals surface area contributed by atoms with E-state index in [4.69, 9.17) is 9.15 Å². The van der Waals surface area contributed by atoms with Gasteiger partial charge in [-0.05, 0) is 12.1 Å². The molecule has 0 aliphatic carbocycles. The molecule has 0 atom stereocenters. The van der Waals surface area contributed by atoms with Crippen molar-refractivity contribution in [3.63, 3.8) is 0 Å². The molecule has 0 saturated carbocycles. The summed E-state index contributed by atoms with van der Waals surface area (Å²) in [5.41, 5.74) is -0.316. The number of benzene rings is 1. The molecular weight excluding hydrogens is 259 g/mol. The van der Waals surface area contributed by atoms with Gasteiger partial charge >= 0.3 is 29.6 Å². The van der Waals surface area contributed by atoms with E-state index in [0.29, 0.717) is 5.75 Å². The molecule has 6 heteroatoms. The zero-order valence-electron chi connectivity index (χ0n) is 11.4. The van der Waals surface area contributed by atoms with E-state index < -0.39 is 17.2 Å². The Hall–Kier alpha value is -1.30. The molecule has 1 aromatic heterocycles. The quantitative estimate of drug-likeness (QED) is 0.602. The maximum absolute atomic E-state index is 11.7. The predicted molar refractivity (Wildman–Crippen MR) is 64.7 cm³/mol. The van der Waals surface area contributed by atoms with E-state index >= 15 is 0 Å². The molecule has 0 aliphatic heterocycles. The van der Waals surface area contributed by atoms with Crippen molar-refractivity contribution in [2.75, 3.05) is 7.11 Å². The molecule has 1 heterocycles. The van der Waals surface area contributed by atoms with Crippen LogP contribution in [0.1, 0.15) is 24.4 Å². The smallest absolute Gasteiger partial charge is 0.542 e. The van der Waals surface area contributed by atoms with Crippen molar-refractivity contribution in [1.82, 2.24) is 0 Å². The molecule has 5 nitrogen and oxygen atoms in total. The summed E-state index contributed by atoms with van der Waals surface area (Å²) in [6.45, 7) is 4.00. The predicted octanol–water partition coefficient (Wildman–Crippen LogP) is -1.80. The number of carbonyl (C=O) groups excluding carboxylic acids is 1. The molecule has 0 radical (unpaired) electrons. The van der Waals surface area contributed by atoms with E-state index in [1.807, 2.05) is 13.8 Å². The third-order valence-corrected chi connectivity index (χ3v) is 2.14. The Kier molecular flexibility index (Phi) is 7.44. The largest absolute Gasteiger partial charge is 1.00 e. The van der Waals surface area contributed by atoms with Gasteiger partial charge < -0.3 is 19.1 Å². The van der Waals surface area contributed by atoms with E-state index in [-0.39, 0.29) is 40.5 Å². The third-order valence-electron chi connectivity index (χ3n) is 2.14. The van der Waals surface area contributed by atoms with Crippen LogP contribution < -0.4 is 44.8 Å². The first-order valence-corrected chi connectivity index (χ1v) is 5.45. The summed E-state index contributed by atoms with van der Waals surface area (Å²) < 4.78 is 9.99. The molecule has 96 valence electrons. The molecule has 2 rings (SSSR count). The van der Waals surface area contributed by atoms with Crippen LogP contribution >= 0.6 is 0 Å². The SMILES string of the molecule is CC.COc1cccc2oc(C(=O)[O-])cc(=O)c12.[Na+]. The van der Waals surface area contributed by atoms with Crippen LogP contribution in [0.15, 0.2) is 33.5 Å². The maximum Gasteiger partial charge on any atom is 1.00 e. The fourth-order valence-corrected chi connectivity index (χ4v) is 1.45. The number of aromatic carboxylic acids is 1. The van der Waals surface area contributed by atoms with Gasteiger partial charge in [0.2, 0.25) is 0 Å². The molecule has 0 spiro atoms. The van der Waals surface area contributed by atoms with Crippen molar-refractivity contribution in [3.8, 4) is 5.75 Å². The average molecular weight is 272 g/mol. The molecule has 0 N–H and O–H groups in total. The minimum Gasteiger partial charge on any atom is -0.542 e. The molecule has 1 aromatic carbocycles. The van der Waals surface area contributed by atoms with Crippen molar-refractivity contribution < 1.29 is 48.6 Å². The van der Waals surface area contributed by atoms with Crippen LogP contribution in [0.5, 0.6) is 5.75 Å². The zero-order chi connectivity index (χ0) is 13.7. The third kappa shape index (κ3) is 3.83. The van der Waals surface area contributed by atoms with Crippen LogP contribution in [0.2, 0.25) is 0 Å². The van der Waals surface area contributed by atoms with Crippen molar-refractivity contribution in [1.29, 1.82) is 0 Å². The molecule has 19 heavy (non-hydrogen) atoms. The first-order valence-electron chi connectivity index (χ1n) is 5.45. The van der Waals surface area contributed by atoms with Gasteiger partial charge in [0.15, 0.2) is 11.2 Å².